The van der Waals surface area contributed by atoms with Gasteiger partial charge in [-0.25, -0.2) is 0 Å². The van der Waals surface area contributed by atoms with Crippen molar-refractivity contribution in [1.82, 2.24) is 20.4 Å². The van der Waals surface area contributed by atoms with Crippen LogP contribution in [0.3, 0.4) is 0 Å². The lowest BCUT2D eigenvalue weighted by atomic mass is 9.84. The van der Waals surface area contributed by atoms with Crippen LogP contribution in [-0.4, -0.2) is 20.4 Å². The monoisotopic (exact) mass is 448 g/mol. The molecule has 5 rings (SSSR count). The minimum atomic E-state index is 0.00188. The minimum Gasteiger partial charge on any atom is -0.277 e. The lowest BCUT2D eigenvalue weighted by molar-refractivity contribution is 0.590. The van der Waals surface area contributed by atoms with Gasteiger partial charge in [0.25, 0.3) is 0 Å². The molecule has 0 atom stereocenters. The van der Waals surface area contributed by atoms with Crippen molar-refractivity contribution in [2.24, 2.45) is 0 Å². The summed E-state index contributed by atoms with van der Waals surface area (Å²) in [5, 5.41) is 15.6. The molecule has 0 fully saturated rings. The summed E-state index contributed by atoms with van der Waals surface area (Å²) in [7, 11) is 0. The van der Waals surface area contributed by atoms with E-state index in [0.29, 0.717) is 0 Å². The number of rotatable bonds is 4. The van der Waals surface area contributed by atoms with Gasteiger partial charge in [0.1, 0.15) is 0 Å². The Labute approximate surface area is 202 Å². The molecule has 0 saturated carbocycles. The maximum absolute atomic E-state index is 4.62. The van der Waals surface area contributed by atoms with E-state index >= 15 is 0 Å². The van der Waals surface area contributed by atoms with Gasteiger partial charge in [0.05, 0.1) is 22.8 Å². The molecule has 0 amide bonds. The Morgan fingerprint density at radius 3 is 1.32 bits per heavy atom. The van der Waals surface area contributed by atoms with Crippen molar-refractivity contribution in [2.45, 2.75) is 40.0 Å². The molecule has 0 radical (unpaired) electrons. The molecule has 5 aromatic rings. The Morgan fingerprint density at radius 1 is 0.529 bits per heavy atom. The molecule has 0 aliphatic heterocycles. The summed E-state index contributed by atoms with van der Waals surface area (Å²) in [5.74, 6) is 0. The number of aromatic nitrogens is 4. The van der Waals surface area contributed by atoms with Crippen LogP contribution in [0.4, 0.5) is 0 Å². The van der Waals surface area contributed by atoms with Gasteiger partial charge in [0, 0.05) is 11.1 Å². The van der Waals surface area contributed by atoms with Gasteiger partial charge in [-0.1, -0.05) is 95.3 Å². The predicted octanol–water partition coefficient (Wildman–Crippen LogP) is 8.12. The first-order valence-electron chi connectivity index (χ1n) is 11.9. The molecule has 0 bridgehead atoms. The predicted molar refractivity (Wildman–Crippen MR) is 143 cm³/mol. The van der Waals surface area contributed by atoms with Crippen molar-refractivity contribution in [3.8, 4) is 45.0 Å². The first-order chi connectivity index (χ1) is 16.5. The second-order valence-corrected chi connectivity index (χ2v) is 9.11. The zero-order valence-electron chi connectivity index (χ0n) is 20.6. The zero-order chi connectivity index (χ0) is 24.1. The molecule has 0 aliphatic rings. The van der Waals surface area contributed by atoms with Crippen LogP contribution in [0.5, 0.6) is 0 Å². The SMILES string of the molecule is CC.CC(C)(C)c1cc(-c2cc(-c3ccccc3)[nH]n2)cc(-c2cc(-c3ccccc3)[nH]n2)c1. The van der Waals surface area contributed by atoms with E-state index in [1.54, 1.807) is 0 Å². The highest BCUT2D eigenvalue weighted by Gasteiger charge is 2.18. The van der Waals surface area contributed by atoms with Crippen LogP contribution in [0.15, 0.2) is 91.0 Å². The van der Waals surface area contributed by atoms with Crippen molar-refractivity contribution < 1.29 is 0 Å². The standard InChI is InChI=1S/C28H26N4.C2H6/c1-28(2,3)23-15-21(26-17-24(29-31-26)19-10-6-4-7-11-19)14-22(16-23)27-18-25(30-32-27)20-12-8-5-9-13-20;1-2/h4-18H,1-3H3,(H,29,31)(H,30,32);1-2H3. The fourth-order valence-corrected chi connectivity index (χ4v) is 3.83. The molecule has 2 aromatic heterocycles. The van der Waals surface area contributed by atoms with Gasteiger partial charge in [-0.2, -0.15) is 10.2 Å². The highest BCUT2D eigenvalue weighted by Crippen LogP contribution is 2.34. The number of H-pyrrole nitrogens is 2. The van der Waals surface area contributed by atoms with E-state index in [1.165, 1.54) is 5.56 Å². The van der Waals surface area contributed by atoms with Crippen LogP contribution in [0.2, 0.25) is 0 Å². The fourth-order valence-electron chi connectivity index (χ4n) is 3.83. The second-order valence-electron chi connectivity index (χ2n) is 9.11. The van der Waals surface area contributed by atoms with Crippen molar-refractivity contribution in [2.75, 3.05) is 0 Å². The summed E-state index contributed by atoms with van der Waals surface area (Å²) in [5.41, 5.74) is 9.52. The average molecular weight is 449 g/mol. The van der Waals surface area contributed by atoms with Crippen LogP contribution in [0.1, 0.15) is 40.2 Å². The molecule has 2 heterocycles. The molecular formula is C30H32N4. The first-order valence-corrected chi connectivity index (χ1v) is 11.9. The quantitative estimate of drug-likeness (QED) is 0.292. The molecule has 3 aromatic carbocycles. The summed E-state index contributed by atoms with van der Waals surface area (Å²) in [4.78, 5) is 0. The molecule has 172 valence electrons. The highest BCUT2D eigenvalue weighted by molar-refractivity contribution is 5.76. The van der Waals surface area contributed by atoms with Gasteiger partial charge in [0.15, 0.2) is 0 Å². The Kier molecular flexibility index (Phi) is 6.78. The molecule has 4 heteroatoms. The van der Waals surface area contributed by atoms with E-state index < -0.39 is 0 Å². The van der Waals surface area contributed by atoms with Crippen LogP contribution in [-0.2, 0) is 5.41 Å². The summed E-state index contributed by atoms with van der Waals surface area (Å²) < 4.78 is 0. The van der Waals surface area contributed by atoms with Crippen LogP contribution < -0.4 is 0 Å². The number of aromatic amines is 2. The van der Waals surface area contributed by atoms with E-state index in [0.717, 1.165) is 45.0 Å². The van der Waals surface area contributed by atoms with E-state index in [9.17, 15) is 0 Å². The molecule has 0 saturated heterocycles. The Hall–Kier alpha value is -3.92. The molecule has 0 spiro atoms. The summed E-state index contributed by atoms with van der Waals surface area (Å²) >= 11 is 0. The fraction of sp³-hybridized carbons (Fsp3) is 0.200. The van der Waals surface area contributed by atoms with Gasteiger partial charge in [-0.15, -0.1) is 0 Å². The molecular weight excluding hydrogens is 416 g/mol. The molecule has 0 aliphatic carbocycles. The Bertz CT molecular complexity index is 1240. The van der Waals surface area contributed by atoms with E-state index in [2.05, 4.69) is 95.8 Å². The maximum Gasteiger partial charge on any atom is 0.0927 e. The third kappa shape index (κ3) is 5.01. The second kappa shape index (κ2) is 9.92. The summed E-state index contributed by atoms with van der Waals surface area (Å²) in [6, 6.07) is 31.4. The highest BCUT2D eigenvalue weighted by atomic mass is 15.1. The molecule has 2 N–H and O–H groups in total. The summed E-state index contributed by atoms with van der Waals surface area (Å²) in [6.07, 6.45) is 0. The number of nitrogens with zero attached hydrogens (tertiary/aromatic N) is 2. The molecule has 4 nitrogen and oxygen atoms in total. The van der Waals surface area contributed by atoms with Crippen molar-refractivity contribution in [3.05, 3.63) is 96.6 Å². The normalized spacial score (nSPS) is 11.1. The first kappa shape index (κ1) is 23.2. The van der Waals surface area contributed by atoms with Gasteiger partial charge >= 0.3 is 0 Å². The maximum atomic E-state index is 4.62. The summed E-state index contributed by atoms with van der Waals surface area (Å²) in [6.45, 7) is 10.7. The van der Waals surface area contributed by atoms with Crippen LogP contribution >= 0.6 is 0 Å². The van der Waals surface area contributed by atoms with Crippen LogP contribution in [0.25, 0.3) is 45.0 Å². The third-order valence-corrected chi connectivity index (χ3v) is 5.72. The number of hydrogen-bond acceptors (Lipinski definition) is 2. The number of hydrogen-bond donors (Lipinski definition) is 2. The van der Waals surface area contributed by atoms with Gasteiger partial charge in [0.2, 0.25) is 0 Å². The number of benzene rings is 3. The largest absolute Gasteiger partial charge is 0.277 e. The van der Waals surface area contributed by atoms with Gasteiger partial charge < -0.3 is 0 Å². The van der Waals surface area contributed by atoms with E-state index in [-0.39, 0.29) is 5.41 Å². The van der Waals surface area contributed by atoms with Crippen molar-refractivity contribution in [3.63, 3.8) is 0 Å². The van der Waals surface area contributed by atoms with Crippen molar-refractivity contribution >= 4 is 0 Å². The van der Waals surface area contributed by atoms with Crippen LogP contribution in [0, 0.1) is 0 Å². The minimum absolute atomic E-state index is 0.00188. The zero-order valence-corrected chi connectivity index (χ0v) is 20.6. The Morgan fingerprint density at radius 2 is 0.941 bits per heavy atom. The van der Waals surface area contributed by atoms with E-state index in [1.807, 2.05) is 50.2 Å². The average Bonchev–Trinajstić information content (AvgIpc) is 3.56. The van der Waals surface area contributed by atoms with Gasteiger partial charge in [-0.05, 0) is 52.4 Å². The Balaban J connectivity index is 0.00000133. The topological polar surface area (TPSA) is 57.4 Å². The van der Waals surface area contributed by atoms with E-state index in [4.69, 9.17) is 0 Å². The van der Waals surface area contributed by atoms with Crippen molar-refractivity contribution in [1.29, 1.82) is 0 Å². The third-order valence-electron chi connectivity index (χ3n) is 5.72. The molecule has 0 unspecified atom stereocenters. The lowest BCUT2D eigenvalue weighted by Gasteiger charge is -2.20. The number of nitrogens with one attached hydrogen (secondary N) is 2. The lowest BCUT2D eigenvalue weighted by Crippen LogP contribution is -2.11. The molecule has 34 heavy (non-hydrogen) atoms. The van der Waals surface area contributed by atoms with Gasteiger partial charge in [-0.3, -0.25) is 10.2 Å². The smallest absolute Gasteiger partial charge is 0.0927 e.